The SMILES string of the molecule is Cc1ccc(-c2nc(COC(=O)[C@@H](NC(=O)c3ccc([N+](=O)[O-])cc3Cl)C(C)C)cs2)cc1. The largest absolute Gasteiger partial charge is 0.458 e. The number of carbonyl (C=O) groups excluding carboxylic acids is 2. The van der Waals surface area contributed by atoms with E-state index in [1.54, 1.807) is 13.8 Å². The van der Waals surface area contributed by atoms with E-state index in [0.29, 0.717) is 5.69 Å². The fourth-order valence-electron chi connectivity index (χ4n) is 2.96. The third-order valence-corrected chi connectivity index (χ3v) is 6.08. The number of halogens is 1. The number of nitro groups is 1. The number of rotatable bonds is 8. The van der Waals surface area contributed by atoms with Crippen molar-refractivity contribution in [2.24, 2.45) is 5.92 Å². The second kappa shape index (κ2) is 10.5. The van der Waals surface area contributed by atoms with Crippen molar-refractivity contribution in [2.75, 3.05) is 0 Å². The van der Waals surface area contributed by atoms with Gasteiger partial charge in [-0.3, -0.25) is 14.9 Å². The van der Waals surface area contributed by atoms with Gasteiger partial charge in [0.1, 0.15) is 17.7 Å². The van der Waals surface area contributed by atoms with Gasteiger partial charge in [0.15, 0.2) is 0 Å². The van der Waals surface area contributed by atoms with E-state index in [1.807, 2.05) is 36.6 Å². The van der Waals surface area contributed by atoms with E-state index in [-0.39, 0.29) is 28.8 Å². The van der Waals surface area contributed by atoms with E-state index in [4.69, 9.17) is 16.3 Å². The zero-order valence-corrected chi connectivity index (χ0v) is 19.8. The third kappa shape index (κ3) is 6.15. The van der Waals surface area contributed by atoms with Gasteiger partial charge in [0, 0.05) is 23.1 Å². The Hall–Kier alpha value is -3.30. The number of hydrogen-bond acceptors (Lipinski definition) is 7. The van der Waals surface area contributed by atoms with Crippen LogP contribution in [0, 0.1) is 23.0 Å². The number of aryl methyl sites for hydroxylation is 1. The van der Waals surface area contributed by atoms with Crippen molar-refractivity contribution < 1.29 is 19.2 Å². The molecule has 1 atom stereocenters. The quantitative estimate of drug-likeness (QED) is 0.266. The molecule has 0 fully saturated rings. The lowest BCUT2D eigenvalue weighted by Crippen LogP contribution is -2.45. The predicted molar refractivity (Wildman–Crippen MR) is 126 cm³/mol. The lowest BCUT2D eigenvalue weighted by atomic mass is 10.0. The lowest BCUT2D eigenvalue weighted by molar-refractivity contribution is -0.384. The fourth-order valence-corrected chi connectivity index (χ4v) is 4.03. The predicted octanol–water partition coefficient (Wildman–Crippen LogP) is 5.18. The minimum absolute atomic E-state index is 0.0292. The fraction of sp³-hybridized carbons (Fsp3) is 0.261. The number of nitro benzene ring substituents is 1. The summed E-state index contributed by atoms with van der Waals surface area (Å²) in [5.74, 6) is -1.50. The van der Waals surface area contributed by atoms with Crippen LogP contribution in [0.1, 0.15) is 35.5 Å². The summed E-state index contributed by atoms with van der Waals surface area (Å²) in [5, 5.41) is 16.0. The Kier molecular flexibility index (Phi) is 7.78. The molecule has 10 heteroatoms. The molecule has 2 aromatic carbocycles. The Morgan fingerprint density at radius 2 is 1.91 bits per heavy atom. The summed E-state index contributed by atoms with van der Waals surface area (Å²) >= 11 is 7.48. The number of nitrogens with one attached hydrogen (secondary N) is 1. The molecular weight excluding hydrogens is 466 g/mol. The normalized spacial score (nSPS) is 11.8. The Labute approximate surface area is 199 Å². The van der Waals surface area contributed by atoms with Gasteiger partial charge in [-0.25, -0.2) is 9.78 Å². The first-order chi connectivity index (χ1) is 15.7. The van der Waals surface area contributed by atoms with Gasteiger partial charge in [-0.1, -0.05) is 55.3 Å². The molecule has 0 aliphatic heterocycles. The van der Waals surface area contributed by atoms with Crippen LogP contribution in [0.2, 0.25) is 5.02 Å². The number of thiazole rings is 1. The summed E-state index contributed by atoms with van der Waals surface area (Å²) in [6.45, 7) is 5.51. The van der Waals surface area contributed by atoms with Crippen molar-refractivity contribution in [2.45, 2.75) is 33.4 Å². The number of nitrogens with zero attached hydrogens (tertiary/aromatic N) is 2. The van der Waals surface area contributed by atoms with E-state index in [9.17, 15) is 19.7 Å². The highest BCUT2D eigenvalue weighted by Gasteiger charge is 2.27. The molecule has 1 amide bonds. The van der Waals surface area contributed by atoms with Gasteiger partial charge < -0.3 is 10.1 Å². The Morgan fingerprint density at radius 3 is 2.52 bits per heavy atom. The average Bonchev–Trinajstić information content (AvgIpc) is 3.24. The molecule has 0 bridgehead atoms. The van der Waals surface area contributed by atoms with Gasteiger partial charge in [0.2, 0.25) is 0 Å². The third-order valence-electron chi connectivity index (χ3n) is 4.83. The van der Waals surface area contributed by atoms with Crippen LogP contribution in [0.5, 0.6) is 0 Å². The number of carbonyl (C=O) groups is 2. The molecule has 1 aromatic heterocycles. The zero-order chi connectivity index (χ0) is 24.1. The molecule has 3 rings (SSSR count). The molecule has 0 radical (unpaired) electrons. The van der Waals surface area contributed by atoms with Crippen LogP contribution in [0.4, 0.5) is 5.69 Å². The Balaban J connectivity index is 1.64. The lowest BCUT2D eigenvalue weighted by Gasteiger charge is -2.21. The maximum absolute atomic E-state index is 12.7. The topological polar surface area (TPSA) is 111 Å². The van der Waals surface area contributed by atoms with Crippen LogP contribution in [-0.2, 0) is 16.1 Å². The molecule has 1 heterocycles. The molecule has 0 unspecified atom stereocenters. The first-order valence-corrected chi connectivity index (χ1v) is 11.3. The summed E-state index contributed by atoms with van der Waals surface area (Å²) in [6.07, 6.45) is 0. The zero-order valence-electron chi connectivity index (χ0n) is 18.2. The van der Waals surface area contributed by atoms with Gasteiger partial charge >= 0.3 is 5.97 Å². The molecule has 0 spiro atoms. The summed E-state index contributed by atoms with van der Waals surface area (Å²) in [6, 6.07) is 10.6. The van der Waals surface area contributed by atoms with Gasteiger partial charge in [0.25, 0.3) is 11.6 Å². The highest BCUT2D eigenvalue weighted by atomic mass is 35.5. The summed E-state index contributed by atoms with van der Waals surface area (Å²) < 4.78 is 5.41. The minimum Gasteiger partial charge on any atom is -0.458 e. The number of non-ortho nitro benzene ring substituents is 1. The number of aromatic nitrogens is 1. The average molecular weight is 488 g/mol. The first kappa shape index (κ1) is 24.3. The van der Waals surface area contributed by atoms with Crippen molar-refractivity contribution in [3.05, 3.63) is 79.8 Å². The van der Waals surface area contributed by atoms with Crippen LogP contribution in [0.15, 0.2) is 47.8 Å². The monoisotopic (exact) mass is 487 g/mol. The van der Waals surface area contributed by atoms with Gasteiger partial charge in [-0.2, -0.15) is 0 Å². The van der Waals surface area contributed by atoms with Crippen LogP contribution < -0.4 is 5.32 Å². The minimum atomic E-state index is -0.932. The van der Waals surface area contributed by atoms with Crippen LogP contribution in [-0.4, -0.2) is 27.8 Å². The van der Waals surface area contributed by atoms with Crippen molar-refractivity contribution in [1.29, 1.82) is 0 Å². The molecule has 8 nitrogen and oxygen atoms in total. The van der Waals surface area contributed by atoms with Crippen molar-refractivity contribution in [3.8, 4) is 10.6 Å². The first-order valence-electron chi connectivity index (χ1n) is 10.1. The van der Waals surface area contributed by atoms with Gasteiger partial charge in [0.05, 0.1) is 21.2 Å². The number of amides is 1. The molecule has 33 heavy (non-hydrogen) atoms. The molecular formula is C23H22ClN3O5S. The summed E-state index contributed by atoms with van der Waals surface area (Å²) in [5.41, 5.74) is 2.54. The molecule has 3 aromatic rings. The maximum Gasteiger partial charge on any atom is 0.329 e. The molecule has 0 saturated carbocycles. The summed E-state index contributed by atoms with van der Waals surface area (Å²) in [4.78, 5) is 40.1. The van der Waals surface area contributed by atoms with E-state index in [2.05, 4.69) is 10.3 Å². The number of benzene rings is 2. The van der Waals surface area contributed by atoms with Crippen molar-refractivity contribution in [3.63, 3.8) is 0 Å². The summed E-state index contributed by atoms with van der Waals surface area (Å²) in [7, 11) is 0. The second-order valence-electron chi connectivity index (χ2n) is 7.73. The van der Waals surface area contributed by atoms with E-state index in [0.717, 1.165) is 22.2 Å². The Bertz CT molecular complexity index is 1180. The van der Waals surface area contributed by atoms with E-state index in [1.165, 1.54) is 23.5 Å². The second-order valence-corrected chi connectivity index (χ2v) is 9.00. The van der Waals surface area contributed by atoms with Gasteiger partial charge in [-0.15, -0.1) is 11.3 Å². The van der Waals surface area contributed by atoms with Crippen LogP contribution in [0.25, 0.3) is 10.6 Å². The van der Waals surface area contributed by atoms with Crippen molar-refractivity contribution in [1.82, 2.24) is 10.3 Å². The molecule has 0 aliphatic carbocycles. The standard InChI is InChI=1S/C23H22ClN3O5S/c1-13(2)20(26-21(28)18-9-8-17(27(30)31)10-19(18)24)23(29)32-11-16-12-33-22(25-16)15-6-4-14(3)5-7-15/h4-10,12-13,20H,11H2,1-3H3,(H,26,28)/t20-/m0/s1. The highest BCUT2D eigenvalue weighted by molar-refractivity contribution is 7.13. The van der Waals surface area contributed by atoms with E-state index >= 15 is 0 Å². The number of esters is 1. The van der Waals surface area contributed by atoms with Crippen molar-refractivity contribution >= 4 is 40.5 Å². The smallest absolute Gasteiger partial charge is 0.329 e. The van der Waals surface area contributed by atoms with E-state index < -0.39 is 22.8 Å². The molecule has 0 saturated heterocycles. The van der Waals surface area contributed by atoms with Crippen LogP contribution >= 0.6 is 22.9 Å². The molecule has 1 N–H and O–H groups in total. The molecule has 0 aliphatic rings. The van der Waals surface area contributed by atoms with Crippen LogP contribution in [0.3, 0.4) is 0 Å². The highest BCUT2D eigenvalue weighted by Crippen LogP contribution is 2.25. The molecule has 172 valence electrons. The van der Waals surface area contributed by atoms with Gasteiger partial charge in [-0.05, 0) is 18.9 Å². The Morgan fingerprint density at radius 1 is 1.21 bits per heavy atom. The number of hydrogen-bond donors (Lipinski definition) is 1. The number of ether oxygens (including phenoxy) is 1. The maximum atomic E-state index is 12.7.